The van der Waals surface area contributed by atoms with E-state index in [4.69, 9.17) is 12.2 Å². The molecule has 2 heterocycles. The Morgan fingerprint density at radius 1 is 1.50 bits per heavy atom. The SMILES string of the molecule is O=[S+]1(O)C[C@H]2NC(=S)N(c3cccc(F)c3)[C@H]2C1. The summed E-state index contributed by atoms with van der Waals surface area (Å²) < 4.78 is 34.6. The van der Waals surface area contributed by atoms with Crippen LogP contribution >= 0.6 is 12.2 Å². The van der Waals surface area contributed by atoms with Gasteiger partial charge in [0.05, 0.1) is 0 Å². The molecule has 0 spiro atoms. The average Bonchev–Trinajstić information content (AvgIpc) is 2.68. The second kappa shape index (κ2) is 3.97. The Bertz CT molecular complexity index is 566. The zero-order valence-electron chi connectivity index (χ0n) is 9.38. The van der Waals surface area contributed by atoms with E-state index in [-0.39, 0.29) is 29.4 Å². The lowest BCUT2D eigenvalue weighted by Gasteiger charge is -2.22. The van der Waals surface area contributed by atoms with Gasteiger partial charge in [0.25, 0.3) is 0 Å². The zero-order chi connectivity index (χ0) is 12.9. The van der Waals surface area contributed by atoms with Crippen LogP contribution in [0.1, 0.15) is 0 Å². The molecule has 0 amide bonds. The van der Waals surface area contributed by atoms with Gasteiger partial charge in [-0.25, -0.2) is 4.39 Å². The molecular formula is C11H12FN2O2S2+. The van der Waals surface area contributed by atoms with Gasteiger partial charge in [0.15, 0.2) is 16.6 Å². The second-order valence-corrected chi connectivity index (χ2v) is 7.18. The van der Waals surface area contributed by atoms with Crippen LogP contribution in [0, 0.1) is 5.82 Å². The van der Waals surface area contributed by atoms with Crippen molar-refractivity contribution in [1.29, 1.82) is 0 Å². The Balaban J connectivity index is 1.97. The van der Waals surface area contributed by atoms with E-state index in [0.717, 1.165) is 0 Å². The first kappa shape index (κ1) is 12.0. The normalized spacial score (nSPS) is 34.6. The van der Waals surface area contributed by atoms with E-state index < -0.39 is 10.2 Å². The summed E-state index contributed by atoms with van der Waals surface area (Å²) in [7, 11) is -2.79. The molecule has 0 saturated carbocycles. The Morgan fingerprint density at radius 3 is 3.00 bits per heavy atom. The molecule has 96 valence electrons. The fraction of sp³-hybridized carbons (Fsp3) is 0.364. The van der Waals surface area contributed by atoms with Gasteiger partial charge in [-0.1, -0.05) is 10.3 Å². The van der Waals surface area contributed by atoms with E-state index in [2.05, 4.69) is 5.32 Å². The summed E-state index contributed by atoms with van der Waals surface area (Å²) in [5.41, 5.74) is 0.622. The number of anilines is 1. The van der Waals surface area contributed by atoms with Gasteiger partial charge in [-0.2, -0.15) is 4.55 Å². The molecule has 18 heavy (non-hydrogen) atoms. The number of nitrogens with zero attached hydrogens (tertiary/aromatic N) is 1. The minimum Gasteiger partial charge on any atom is -0.352 e. The van der Waals surface area contributed by atoms with Crippen molar-refractivity contribution in [1.82, 2.24) is 5.32 Å². The third kappa shape index (κ3) is 1.92. The van der Waals surface area contributed by atoms with E-state index in [9.17, 15) is 13.2 Å². The maximum Gasteiger partial charge on any atom is 0.218 e. The molecule has 2 fully saturated rings. The monoisotopic (exact) mass is 287 g/mol. The number of hydrogen-bond acceptors (Lipinski definition) is 2. The molecule has 1 aromatic rings. The second-order valence-electron chi connectivity index (χ2n) is 4.58. The predicted octanol–water partition coefficient (Wildman–Crippen LogP) is 1.24. The highest BCUT2D eigenvalue weighted by Crippen LogP contribution is 2.31. The van der Waals surface area contributed by atoms with Crippen LogP contribution in [0.4, 0.5) is 10.1 Å². The van der Waals surface area contributed by atoms with E-state index in [1.807, 2.05) is 0 Å². The summed E-state index contributed by atoms with van der Waals surface area (Å²) >= 11 is 5.21. The molecule has 4 nitrogen and oxygen atoms in total. The van der Waals surface area contributed by atoms with Gasteiger partial charge in [0.2, 0.25) is 10.2 Å². The lowest BCUT2D eigenvalue weighted by molar-refractivity contribution is 0.502. The Labute approximate surface area is 110 Å². The van der Waals surface area contributed by atoms with E-state index in [0.29, 0.717) is 10.8 Å². The van der Waals surface area contributed by atoms with Gasteiger partial charge < -0.3 is 10.2 Å². The average molecular weight is 287 g/mol. The van der Waals surface area contributed by atoms with Crippen LogP contribution in [-0.2, 0) is 14.4 Å². The van der Waals surface area contributed by atoms with Crippen LogP contribution in [0.25, 0.3) is 0 Å². The van der Waals surface area contributed by atoms with E-state index >= 15 is 0 Å². The first-order valence-electron chi connectivity index (χ1n) is 5.53. The molecule has 0 radical (unpaired) electrons. The number of thiocarbonyl (C=S) groups is 1. The van der Waals surface area contributed by atoms with E-state index in [1.165, 1.54) is 12.1 Å². The van der Waals surface area contributed by atoms with Crippen molar-refractivity contribution < 1.29 is 13.2 Å². The quantitative estimate of drug-likeness (QED) is 0.601. The number of rotatable bonds is 1. The molecule has 2 aliphatic heterocycles. The lowest BCUT2D eigenvalue weighted by atomic mass is 10.1. The van der Waals surface area contributed by atoms with Crippen LogP contribution in [0.15, 0.2) is 24.3 Å². The molecule has 0 aliphatic carbocycles. The van der Waals surface area contributed by atoms with Gasteiger partial charge in [0.1, 0.15) is 17.9 Å². The van der Waals surface area contributed by atoms with Gasteiger partial charge in [0, 0.05) is 5.69 Å². The van der Waals surface area contributed by atoms with Crippen LogP contribution in [-0.4, -0.2) is 33.3 Å². The highest BCUT2D eigenvalue weighted by molar-refractivity contribution is 7.98. The van der Waals surface area contributed by atoms with Crippen molar-refractivity contribution in [2.45, 2.75) is 12.1 Å². The molecule has 1 aromatic carbocycles. The van der Waals surface area contributed by atoms with Crippen LogP contribution in [0.3, 0.4) is 0 Å². The maximum absolute atomic E-state index is 13.2. The van der Waals surface area contributed by atoms with Crippen molar-refractivity contribution >= 4 is 33.2 Å². The zero-order valence-corrected chi connectivity index (χ0v) is 11.0. The van der Waals surface area contributed by atoms with Crippen LogP contribution in [0.5, 0.6) is 0 Å². The first-order chi connectivity index (χ1) is 8.46. The fourth-order valence-corrected chi connectivity index (χ4v) is 4.86. The van der Waals surface area contributed by atoms with E-state index in [1.54, 1.807) is 17.0 Å². The molecule has 0 bridgehead atoms. The molecule has 2 saturated heterocycles. The summed E-state index contributed by atoms with van der Waals surface area (Å²) in [5, 5.41) is 3.53. The summed E-state index contributed by atoms with van der Waals surface area (Å²) in [4.78, 5) is 1.74. The Morgan fingerprint density at radius 2 is 2.28 bits per heavy atom. The van der Waals surface area contributed by atoms with Crippen molar-refractivity contribution in [2.24, 2.45) is 0 Å². The van der Waals surface area contributed by atoms with Crippen LogP contribution < -0.4 is 10.2 Å². The molecule has 2 N–H and O–H groups in total. The van der Waals surface area contributed by atoms with Crippen molar-refractivity contribution in [3.63, 3.8) is 0 Å². The third-order valence-electron chi connectivity index (χ3n) is 3.28. The molecule has 7 heteroatoms. The van der Waals surface area contributed by atoms with Gasteiger partial charge in [-0.3, -0.25) is 0 Å². The number of hydrogen-bond donors (Lipinski definition) is 2. The molecule has 3 atom stereocenters. The Kier molecular flexibility index (Phi) is 2.65. The summed E-state index contributed by atoms with van der Waals surface area (Å²) in [6.45, 7) is 0. The number of nitrogens with one attached hydrogen (secondary N) is 1. The maximum atomic E-state index is 13.2. The van der Waals surface area contributed by atoms with Crippen LogP contribution in [0.2, 0.25) is 0 Å². The number of benzene rings is 1. The summed E-state index contributed by atoms with van der Waals surface area (Å²) in [5.74, 6) is 0.0202. The molecule has 2 aliphatic rings. The minimum atomic E-state index is -2.79. The predicted molar refractivity (Wildman–Crippen MR) is 72.6 cm³/mol. The highest BCUT2D eigenvalue weighted by Gasteiger charge is 2.54. The van der Waals surface area contributed by atoms with Crippen molar-refractivity contribution in [3.8, 4) is 0 Å². The third-order valence-corrected chi connectivity index (χ3v) is 5.34. The molecule has 1 unspecified atom stereocenters. The first-order valence-corrected chi connectivity index (χ1v) is 7.80. The van der Waals surface area contributed by atoms with Crippen molar-refractivity contribution in [2.75, 3.05) is 16.4 Å². The topological polar surface area (TPSA) is 52.6 Å². The molecule has 0 aromatic heterocycles. The van der Waals surface area contributed by atoms with Crippen molar-refractivity contribution in [3.05, 3.63) is 30.1 Å². The highest BCUT2D eigenvalue weighted by atomic mass is 32.3. The smallest absolute Gasteiger partial charge is 0.218 e. The lowest BCUT2D eigenvalue weighted by Crippen LogP contribution is -2.37. The molecule has 3 rings (SSSR count). The summed E-state index contributed by atoms with van der Waals surface area (Å²) in [6.07, 6.45) is 0. The molecular weight excluding hydrogens is 275 g/mol. The van der Waals surface area contributed by atoms with Gasteiger partial charge in [-0.05, 0) is 30.4 Å². The minimum absolute atomic E-state index is 0.127. The Hall–Kier alpha value is -1.05. The number of fused-ring (bicyclic) bond motifs is 1. The summed E-state index contributed by atoms with van der Waals surface area (Å²) in [6, 6.07) is 5.80. The fourth-order valence-electron chi connectivity index (χ4n) is 2.55. The van der Waals surface area contributed by atoms with Gasteiger partial charge >= 0.3 is 0 Å². The standard InChI is InChI=1S/C11H11FN2O2S2/c12-7-2-1-3-8(4-7)14-10-6-18(15,16)5-9(10)13-11(14)17/h1-4,9-10H,5-6H2,(H-,13,15,16,17)/p+1/t9-,10+/m1/s1. The number of halogens is 1. The van der Waals surface area contributed by atoms with Gasteiger partial charge in [-0.15, -0.1) is 0 Å². The largest absolute Gasteiger partial charge is 0.352 e.